The highest BCUT2D eigenvalue weighted by atomic mass is 35.5. The van der Waals surface area contributed by atoms with Gasteiger partial charge in [0, 0.05) is 17.0 Å². The van der Waals surface area contributed by atoms with Gasteiger partial charge in [0.2, 0.25) is 11.9 Å². The molecule has 0 aliphatic heterocycles. The summed E-state index contributed by atoms with van der Waals surface area (Å²) in [6.07, 6.45) is 8.59. The molecule has 0 bridgehead atoms. The van der Waals surface area contributed by atoms with E-state index in [1.54, 1.807) is 37.7 Å². The molecule has 1 aliphatic carbocycles. The third kappa shape index (κ3) is 5.83. The van der Waals surface area contributed by atoms with Gasteiger partial charge >= 0.3 is 0 Å². The van der Waals surface area contributed by atoms with E-state index in [-0.39, 0.29) is 5.91 Å². The van der Waals surface area contributed by atoms with Crippen molar-refractivity contribution >= 4 is 53.1 Å². The number of nitrogens with zero attached hydrogens (tertiary/aromatic N) is 2. The molecular weight excluding hydrogens is 421 g/mol. The minimum Gasteiger partial charge on any atom is -0.351 e. The molecule has 1 aromatic carbocycles. The summed E-state index contributed by atoms with van der Waals surface area (Å²) in [5, 5.41) is 10.3. The summed E-state index contributed by atoms with van der Waals surface area (Å²) in [6.45, 7) is 6.83. The number of amides is 1. The zero-order valence-corrected chi connectivity index (χ0v) is 18.9. The second kappa shape index (κ2) is 9.63. The summed E-state index contributed by atoms with van der Waals surface area (Å²) >= 11 is 6.33. The van der Waals surface area contributed by atoms with E-state index in [2.05, 4.69) is 32.5 Å². The lowest BCUT2D eigenvalue weighted by atomic mass is 9.96. The van der Waals surface area contributed by atoms with Crippen molar-refractivity contribution in [1.82, 2.24) is 9.97 Å². The number of benzene rings is 1. The molecule has 0 spiro atoms. The lowest BCUT2D eigenvalue weighted by Crippen LogP contribution is -2.23. The van der Waals surface area contributed by atoms with Gasteiger partial charge in [-0.25, -0.2) is 4.98 Å². The van der Waals surface area contributed by atoms with Gasteiger partial charge in [0.25, 0.3) is 0 Å². The van der Waals surface area contributed by atoms with Gasteiger partial charge in [-0.1, -0.05) is 37.4 Å². The Morgan fingerprint density at radius 3 is 2.67 bits per heavy atom. The first kappa shape index (κ1) is 22.3. The van der Waals surface area contributed by atoms with Crippen LogP contribution in [0.1, 0.15) is 32.1 Å². The molecule has 0 radical (unpaired) electrons. The largest absolute Gasteiger partial charge is 0.351 e. The third-order valence-electron chi connectivity index (χ3n) is 4.97. The number of aromatic nitrogens is 2. The van der Waals surface area contributed by atoms with Crippen LogP contribution in [0.25, 0.3) is 0 Å². The molecule has 0 unspecified atom stereocenters. The highest BCUT2D eigenvalue weighted by Gasteiger charge is 2.19. The van der Waals surface area contributed by atoms with Crippen LogP contribution in [0.3, 0.4) is 0 Å². The maximum absolute atomic E-state index is 12.8. The fourth-order valence-corrected chi connectivity index (χ4v) is 4.73. The Kier molecular flexibility index (Phi) is 7.16. The van der Waals surface area contributed by atoms with E-state index in [1.807, 2.05) is 0 Å². The molecule has 0 saturated heterocycles. The summed E-state index contributed by atoms with van der Waals surface area (Å²) in [6, 6.07) is 5.51. The minimum atomic E-state index is -2.61. The predicted octanol–water partition coefficient (Wildman–Crippen LogP) is 4.99. The van der Waals surface area contributed by atoms with Crippen LogP contribution in [-0.2, 0) is 9.36 Å². The van der Waals surface area contributed by atoms with E-state index < -0.39 is 7.14 Å². The molecule has 9 heteroatoms. The molecule has 0 atom stereocenters. The smallest absolute Gasteiger partial charge is 0.247 e. The number of carbonyl (C=O) groups excluding carboxylic acids is 1. The molecule has 1 aliphatic rings. The van der Waals surface area contributed by atoms with Gasteiger partial charge in [-0.3, -0.25) is 4.79 Å². The molecule has 1 fully saturated rings. The monoisotopic (exact) mass is 447 g/mol. The van der Waals surface area contributed by atoms with Gasteiger partial charge in [-0.2, -0.15) is 4.98 Å². The van der Waals surface area contributed by atoms with Gasteiger partial charge in [0.15, 0.2) is 5.82 Å². The summed E-state index contributed by atoms with van der Waals surface area (Å²) in [4.78, 5) is 20.5. The second-order valence-corrected chi connectivity index (χ2v) is 11.4. The Morgan fingerprint density at radius 1 is 1.27 bits per heavy atom. The lowest BCUT2D eigenvalue weighted by molar-refractivity contribution is -0.111. The summed E-state index contributed by atoms with van der Waals surface area (Å²) in [5.74, 6) is 0.582. The molecule has 3 rings (SSSR count). The Balaban J connectivity index is 1.90. The highest BCUT2D eigenvalue weighted by molar-refractivity contribution is 7.70. The van der Waals surface area contributed by atoms with E-state index in [9.17, 15) is 9.36 Å². The summed E-state index contributed by atoms with van der Waals surface area (Å²) in [7, 11) is -2.61. The minimum absolute atomic E-state index is 0.330. The van der Waals surface area contributed by atoms with Crippen molar-refractivity contribution < 1.29 is 9.36 Å². The number of rotatable bonds is 7. The number of hydrogen-bond donors (Lipinski definition) is 3. The van der Waals surface area contributed by atoms with Gasteiger partial charge in [-0.05, 0) is 50.4 Å². The molecule has 1 heterocycles. The highest BCUT2D eigenvalue weighted by Crippen LogP contribution is 2.39. The van der Waals surface area contributed by atoms with Crippen molar-refractivity contribution in [3.8, 4) is 0 Å². The Labute approximate surface area is 182 Å². The normalized spacial score (nSPS) is 14.8. The quantitative estimate of drug-likeness (QED) is 0.408. The van der Waals surface area contributed by atoms with Crippen molar-refractivity contribution in [2.45, 2.75) is 38.1 Å². The molecule has 3 N–H and O–H groups in total. The van der Waals surface area contributed by atoms with E-state index in [0.717, 1.165) is 12.8 Å². The van der Waals surface area contributed by atoms with E-state index >= 15 is 0 Å². The van der Waals surface area contributed by atoms with Gasteiger partial charge in [-0.15, -0.1) is 0 Å². The topological polar surface area (TPSA) is 96.0 Å². The predicted molar refractivity (Wildman–Crippen MR) is 125 cm³/mol. The van der Waals surface area contributed by atoms with Gasteiger partial charge in [0.1, 0.15) is 12.2 Å². The molecule has 2 aromatic rings. The fourth-order valence-electron chi connectivity index (χ4n) is 3.46. The zero-order chi connectivity index (χ0) is 21.7. The van der Waals surface area contributed by atoms with Gasteiger partial charge < -0.3 is 20.5 Å². The maximum atomic E-state index is 12.8. The third-order valence-corrected chi connectivity index (χ3v) is 6.79. The number of halogens is 1. The Bertz CT molecular complexity index is 985. The van der Waals surface area contributed by atoms with Crippen LogP contribution < -0.4 is 21.3 Å². The first-order valence-corrected chi connectivity index (χ1v) is 12.9. The molecule has 1 aromatic heterocycles. The zero-order valence-electron chi connectivity index (χ0n) is 17.2. The Hall–Kier alpha value is -2.37. The van der Waals surface area contributed by atoms with Crippen LogP contribution in [0.2, 0.25) is 5.02 Å². The first-order valence-electron chi connectivity index (χ1n) is 9.95. The van der Waals surface area contributed by atoms with Crippen LogP contribution in [-0.4, -0.2) is 35.2 Å². The van der Waals surface area contributed by atoms with Crippen molar-refractivity contribution in [2.75, 3.05) is 29.3 Å². The van der Waals surface area contributed by atoms with Crippen LogP contribution in [0, 0.1) is 0 Å². The van der Waals surface area contributed by atoms with Crippen LogP contribution in [0.15, 0.2) is 37.1 Å². The average Bonchev–Trinajstić information content (AvgIpc) is 2.70. The summed E-state index contributed by atoms with van der Waals surface area (Å²) < 4.78 is 12.8. The lowest BCUT2D eigenvalue weighted by Gasteiger charge is -2.23. The van der Waals surface area contributed by atoms with Crippen LogP contribution >= 0.6 is 18.7 Å². The Morgan fingerprint density at radius 2 is 2.00 bits per heavy atom. The summed E-state index contributed by atoms with van der Waals surface area (Å²) in [5.41, 5.74) is 1.11. The molecule has 1 amide bonds. The van der Waals surface area contributed by atoms with Crippen molar-refractivity contribution in [1.29, 1.82) is 0 Å². The van der Waals surface area contributed by atoms with E-state index in [1.165, 1.54) is 25.3 Å². The standard InChI is InChI=1S/C21H27ClN5O2P/c1-4-19(28)24-15-10-11-18(30(2,3)29)17(12-15)26-20-16(22)13-23-21(27-20)25-14-8-6-5-7-9-14/h4,10-14H,1,5-9H2,2-3H3,(H,24,28)(H2,23,25,26,27). The van der Waals surface area contributed by atoms with Crippen molar-refractivity contribution in [2.24, 2.45) is 0 Å². The molecule has 30 heavy (non-hydrogen) atoms. The molecule has 1 saturated carbocycles. The van der Waals surface area contributed by atoms with Crippen molar-refractivity contribution in [3.05, 3.63) is 42.1 Å². The van der Waals surface area contributed by atoms with Crippen LogP contribution in [0.5, 0.6) is 0 Å². The van der Waals surface area contributed by atoms with E-state index in [0.29, 0.717) is 39.5 Å². The second-order valence-electron chi connectivity index (χ2n) is 7.77. The number of nitrogens with one attached hydrogen (secondary N) is 3. The number of anilines is 4. The maximum Gasteiger partial charge on any atom is 0.247 e. The van der Waals surface area contributed by atoms with Gasteiger partial charge in [0.05, 0.1) is 11.9 Å². The first-order chi connectivity index (χ1) is 14.3. The fraction of sp³-hybridized carbons (Fsp3) is 0.381. The SMILES string of the molecule is C=CC(=O)Nc1ccc(P(C)(C)=O)c(Nc2nc(NC3CCCCC3)ncc2Cl)c1. The molecule has 7 nitrogen and oxygen atoms in total. The number of carbonyl (C=O) groups is 1. The number of hydrogen-bond acceptors (Lipinski definition) is 6. The van der Waals surface area contributed by atoms with Crippen molar-refractivity contribution in [3.63, 3.8) is 0 Å². The van der Waals surface area contributed by atoms with Crippen LogP contribution in [0.4, 0.5) is 23.1 Å². The molecular formula is C21H27ClN5O2P. The molecule has 160 valence electrons. The average molecular weight is 448 g/mol. The van der Waals surface area contributed by atoms with E-state index in [4.69, 9.17) is 11.6 Å².